The number of amides is 1. The van der Waals surface area contributed by atoms with Crippen LogP contribution in [-0.2, 0) is 9.47 Å². The van der Waals surface area contributed by atoms with E-state index < -0.39 is 11.7 Å². The van der Waals surface area contributed by atoms with Gasteiger partial charge in [-0.1, -0.05) is 0 Å². The van der Waals surface area contributed by atoms with E-state index in [1.54, 1.807) is 6.20 Å². The van der Waals surface area contributed by atoms with Crippen molar-refractivity contribution in [1.29, 1.82) is 0 Å². The number of rotatable bonds is 3. The van der Waals surface area contributed by atoms with Gasteiger partial charge in [0.25, 0.3) is 0 Å². The zero-order valence-corrected chi connectivity index (χ0v) is 13.2. The number of nitrogens with zero attached hydrogens (tertiary/aromatic N) is 1. The molecule has 1 unspecified atom stereocenters. The predicted octanol–water partition coefficient (Wildman–Crippen LogP) is 3.03. The molecular formula is C16H26N2O3. The Morgan fingerprint density at radius 1 is 1.24 bits per heavy atom. The van der Waals surface area contributed by atoms with Crippen molar-refractivity contribution >= 4 is 6.09 Å². The maximum Gasteiger partial charge on any atom is 0.429 e. The van der Waals surface area contributed by atoms with Gasteiger partial charge in [-0.05, 0) is 70.3 Å². The van der Waals surface area contributed by atoms with Crippen LogP contribution in [0.15, 0.2) is 12.3 Å². The smallest absolute Gasteiger partial charge is 0.429 e. The van der Waals surface area contributed by atoms with Crippen molar-refractivity contribution in [1.82, 2.24) is 10.4 Å². The molecule has 0 radical (unpaired) electrons. The predicted molar refractivity (Wildman–Crippen MR) is 79.0 cm³/mol. The molecule has 3 rings (SSSR count). The highest BCUT2D eigenvalue weighted by molar-refractivity contribution is 5.69. The molecular weight excluding hydrogens is 268 g/mol. The van der Waals surface area contributed by atoms with E-state index in [0.29, 0.717) is 0 Å². The van der Waals surface area contributed by atoms with E-state index in [1.165, 1.54) is 30.7 Å². The first kappa shape index (κ1) is 14.9. The van der Waals surface area contributed by atoms with Crippen molar-refractivity contribution in [3.8, 4) is 0 Å². The third kappa shape index (κ3) is 3.40. The minimum atomic E-state index is -0.491. The number of hydrazine groups is 1. The monoisotopic (exact) mass is 294 g/mol. The van der Waals surface area contributed by atoms with Gasteiger partial charge in [-0.15, -0.1) is 0 Å². The van der Waals surface area contributed by atoms with Crippen molar-refractivity contribution in [2.45, 2.75) is 58.3 Å². The molecule has 0 aromatic heterocycles. The second kappa shape index (κ2) is 5.61. The topological polar surface area (TPSA) is 50.8 Å². The van der Waals surface area contributed by atoms with Gasteiger partial charge < -0.3 is 9.47 Å². The number of carbonyl (C=O) groups is 1. The van der Waals surface area contributed by atoms with Gasteiger partial charge in [-0.25, -0.2) is 9.80 Å². The van der Waals surface area contributed by atoms with Crippen LogP contribution in [0.1, 0.15) is 46.5 Å². The van der Waals surface area contributed by atoms with E-state index in [2.05, 4.69) is 5.43 Å². The van der Waals surface area contributed by atoms with Crippen molar-refractivity contribution < 1.29 is 14.3 Å². The van der Waals surface area contributed by atoms with E-state index in [0.717, 1.165) is 24.4 Å². The maximum atomic E-state index is 11.9. The fourth-order valence-corrected chi connectivity index (χ4v) is 3.78. The number of hydrogen-bond donors (Lipinski definition) is 1. The van der Waals surface area contributed by atoms with E-state index in [-0.39, 0.29) is 6.23 Å². The van der Waals surface area contributed by atoms with Gasteiger partial charge in [0, 0.05) is 6.20 Å². The lowest BCUT2D eigenvalue weighted by atomic mass is 9.99. The first-order valence-corrected chi connectivity index (χ1v) is 8.01. The third-order valence-electron chi connectivity index (χ3n) is 4.76. The van der Waals surface area contributed by atoms with Gasteiger partial charge >= 0.3 is 6.09 Å². The van der Waals surface area contributed by atoms with Crippen LogP contribution in [0.4, 0.5) is 4.79 Å². The maximum absolute atomic E-state index is 11.9. The van der Waals surface area contributed by atoms with E-state index in [9.17, 15) is 4.79 Å². The minimum Gasteiger partial charge on any atom is -0.442 e. The molecule has 0 saturated heterocycles. The summed E-state index contributed by atoms with van der Waals surface area (Å²) in [5.74, 6) is 2.44. The number of fused-ring (bicyclic) bond motifs is 2. The van der Waals surface area contributed by atoms with Crippen LogP contribution in [0.2, 0.25) is 0 Å². The first-order chi connectivity index (χ1) is 9.92. The summed E-state index contributed by atoms with van der Waals surface area (Å²) < 4.78 is 11.2. The Morgan fingerprint density at radius 2 is 1.86 bits per heavy atom. The summed E-state index contributed by atoms with van der Waals surface area (Å²) in [4.78, 5) is 11.9. The van der Waals surface area contributed by atoms with Crippen molar-refractivity contribution in [2.24, 2.45) is 17.8 Å². The van der Waals surface area contributed by atoms with E-state index >= 15 is 0 Å². The second-order valence-electron chi connectivity index (χ2n) is 7.41. The molecule has 1 amide bonds. The summed E-state index contributed by atoms with van der Waals surface area (Å²) in [6, 6.07) is 0. The Morgan fingerprint density at radius 3 is 2.43 bits per heavy atom. The van der Waals surface area contributed by atoms with Crippen LogP contribution in [0.25, 0.3) is 0 Å². The van der Waals surface area contributed by atoms with Gasteiger partial charge in [0.05, 0.1) is 6.61 Å². The number of carbonyl (C=O) groups excluding carboxylic acids is 1. The van der Waals surface area contributed by atoms with E-state index in [4.69, 9.17) is 9.47 Å². The molecule has 3 aliphatic rings. The minimum absolute atomic E-state index is 0.225. The van der Waals surface area contributed by atoms with Gasteiger partial charge in [-0.2, -0.15) is 5.43 Å². The lowest BCUT2D eigenvalue weighted by molar-refractivity contribution is -0.0116. The number of ether oxygens (including phenoxy) is 2. The van der Waals surface area contributed by atoms with Gasteiger partial charge in [0.1, 0.15) is 11.8 Å². The summed E-state index contributed by atoms with van der Waals surface area (Å²) in [6.45, 7) is 6.36. The fourth-order valence-electron chi connectivity index (χ4n) is 3.78. The largest absolute Gasteiger partial charge is 0.442 e. The van der Waals surface area contributed by atoms with Crippen LogP contribution in [0.5, 0.6) is 0 Å². The lowest BCUT2D eigenvalue weighted by Gasteiger charge is -2.25. The number of hydrogen-bond acceptors (Lipinski definition) is 4. The van der Waals surface area contributed by atoms with Crippen molar-refractivity contribution in [3.63, 3.8) is 0 Å². The third-order valence-corrected chi connectivity index (χ3v) is 4.76. The highest BCUT2D eigenvalue weighted by Gasteiger charge is 2.41. The zero-order valence-electron chi connectivity index (χ0n) is 13.2. The van der Waals surface area contributed by atoms with Crippen LogP contribution >= 0.6 is 0 Å². The van der Waals surface area contributed by atoms with Crippen LogP contribution in [0, 0.1) is 17.8 Å². The molecule has 2 fully saturated rings. The average molecular weight is 294 g/mol. The number of nitrogens with one attached hydrogen (secondary N) is 1. The summed E-state index contributed by atoms with van der Waals surface area (Å²) in [7, 11) is 0. The molecule has 0 aromatic rings. The highest BCUT2D eigenvalue weighted by Crippen LogP contribution is 2.49. The summed E-state index contributed by atoms with van der Waals surface area (Å²) in [6.07, 6.45) is 8.41. The van der Waals surface area contributed by atoms with Crippen LogP contribution < -0.4 is 5.43 Å². The molecule has 1 N–H and O–H groups in total. The van der Waals surface area contributed by atoms with Gasteiger partial charge in [-0.3, -0.25) is 0 Å². The second-order valence-corrected chi connectivity index (χ2v) is 7.41. The molecule has 1 aliphatic heterocycles. The van der Waals surface area contributed by atoms with E-state index in [1.807, 2.05) is 26.8 Å². The van der Waals surface area contributed by atoms with Gasteiger partial charge in [0.15, 0.2) is 0 Å². The Labute approximate surface area is 126 Å². The first-order valence-electron chi connectivity index (χ1n) is 8.01. The molecule has 21 heavy (non-hydrogen) atoms. The molecule has 2 aliphatic carbocycles. The Kier molecular flexibility index (Phi) is 3.97. The molecule has 2 bridgehead atoms. The van der Waals surface area contributed by atoms with Gasteiger partial charge in [0.2, 0.25) is 0 Å². The Hall–Kier alpha value is -1.07. The SMILES string of the molecule is CC(C)(C)OC(=O)N1C=CC(OCC2C3CCC2CC3)N1. The van der Waals surface area contributed by atoms with Crippen molar-refractivity contribution in [3.05, 3.63) is 12.3 Å². The fraction of sp³-hybridized carbons (Fsp3) is 0.812. The average Bonchev–Trinajstić information content (AvgIpc) is 3.09. The standard InChI is InChI=1S/C16H26N2O3/c1-16(2,3)21-15(19)18-9-8-14(17-18)20-10-13-11-4-5-12(13)7-6-11/h8-9,11-14,17H,4-7,10H2,1-3H3. The van der Waals surface area contributed by atoms with Crippen LogP contribution in [-0.4, -0.2) is 29.5 Å². The lowest BCUT2D eigenvalue weighted by Crippen LogP contribution is -2.43. The Balaban J connectivity index is 1.43. The normalized spacial score (nSPS) is 34.7. The summed E-state index contributed by atoms with van der Waals surface area (Å²) in [5, 5.41) is 1.36. The van der Waals surface area contributed by atoms with Crippen molar-refractivity contribution in [2.75, 3.05) is 6.61 Å². The molecule has 5 heteroatoms. The summed E-state index contributed by atoms with van der Waals surface area (Å²) in [5.41, 5.74) is 2.52. The molecule has 0 aromatic carbocycles. The quantitative estimate of drug-likeness (QED) is 0.869. The molecule has 2 saturated carbocycles. The highest BCUT2D eigenvalue weighted by atomic mass is 16.6. The van der Waals surface area contributed by atoms with Crippen LogP contribution in [0.3, 0.4) is 0 Å². The summed E-state index contributed by atoms with van der Waals surface area (Å²) >= 11 is 0. The molecule has 1 atom stereocenters. The molecule has 118 valence electrons. The zero-order chi connectivity index (χ0) is 15.0. The molecule has 5 nitrogen and oxygen atoms in total. The molecule has 1 heterocycles. The Bertz CT molecular complexity index is 410. The molecule has 0 spiro atoms.